The number of hydrogen-bond donors (Lipinski definition) is 1. The van der Waals surface area contributed by atoms with Crippen molar-refractivity contribution in [3.63, 3.8) is 0 Å². The van der Waals surface area contributed by atoms with Gasteiger partial charge in [0, 0.05) is 17.3 Å². The second kappa shape index (κ2) is 10.5. The number of aromatic nitrogens is 3. The zero-order valence-electron chi connectivity index (χ0n) is 17.8. The summed E-state index contributed by atoms with van der Waals surface area (Å²) < 4.78 is 7.80. The summed E-state index contributed by atoms with van der Waals surface area (Å²) in [5, 5.41) is 12.7. The molecule has 6 nitrogen and oxygen atoms in total. The van der Waals surface area contributed by atoms with Gasteiger partial charge in [0.05, 0.1) is 5.75 Å². The Labute approximate surface area is 191 Å². The van der Waals surface area contributed by atoms with Crippen LogP contribution >= 0.6 is 23.4 Å². The van der Waals surface area contributed by atoms with Crippen molar-refractivity contribution in [3.8, 4) is 5.75 Å². The molecule has 0 unspecified atom stereocenters. The molecule has 3 rings (SSSR count). The van der Waals surface area contributed by atoms with Crippen LogP contribution in [0.3, 0.4) is 0 Å². The summed E-state index contributed by atoms with van der Waals surface area (Å²) in [6.45, 7) is 10.5. The number of benzene rings is 2. The van der Waals surface area contributed by atoms with Gasteiger partial charge in [0.15, 0.2) is 11.0 Å². The zero-order valence-corrected chi connectivity index (χ0v) is 19.4. The third-order valence-corrected chi connectivity index (χ3v) is 5.64. The molecule has 0 atom stereocenters. The summed E-state index contributed by atoms with van der Waals surface area (Å²) in [6.07, 6.45) is 1.76. The maximum atomic E-state index is 12.4. The Morgan fingerprint density at radius 1 is 1.19 bits per heavy atom. The van der Waals surface area contributed by atoms with Crippen molar-refractivity contribution in [1.82, 2.24) is 14.8 Å². The Balaban J connectivity index is 1.64. The first-order valence-electron chi connectivity index (χ1n) is 9.78. The number of anilines is 1. The number of nitrogens with one attached hydrogen (secondary N) is 1. The van der Waals surface area contributed by atoms with Gasteiger partial charge in [-0.25, -0.2) is 0 Å². The van der Waals surface area contributed by atoms with Crippen LogP contribution in [-0.4, -0.2) is 26.4 Å². The Hall–Kier alpha value is -2.77. The van der Waals surface area contributed by atoms with Gasteiger partial charge in [-0.2, -0.15) is 0 Å². The van der Waals surface area contributed by atoms with Crippen LogP contribution in [0.2, 0.25) is 5.02 Å². The maximum Gasteiger partial charge on any atom is 0.234 e. The molecule has 0 saturated heterocycles. The minimum atomic E-state index is -0.0993. The van der Waals surface area contributed by atoms with Gasteiger partial charge < -0.3 is 10.1 Å². The molecule has 1 aromatic heterocycles. The van der Waals surface area contributed by atoms with E-state index in [2.05, 4.69) is 28.2 Å². The van der Waals surface area contributed by atoms with E-state index in [1.54, 1.807) is 12.1 Å². The van der Waals surface area contributed by atoms with Gasteiger partial charge in [-0.3, -0.25) is 9.36 Å². The van der Waals surface area contributed by atoms with Gasteiger partial charge in [0.1, 0.15) is 12.4 Å². The molecular formula is C23H25ClN4O2S. The fourth-order valence-corrected chi connectivity index (χ4v) is 4.13. The van der Waals surface area contributed by atoms with Gasteiger partial charge in [0.25, 0.3) is 0 Å². The van der Waals surface area contributed by atoms with E-state index in [1.807, 2.05) is 49.6 Å². The van der Waals surface area contributed by atoms with Gasteiger partial charge in [-0.15, -0.1) is 16.8 Å². The molecule has 0 saturated carbocycles. The van der Waals surface area contributed by atoms with Crippen LogP contribution in [0, 0.1) is 20.8 Å². The number of carbonyl (C=O) groups excluding carboxylic acids is 1. The van der Waals surface area contributed by atoms with Crippen LogP contribution in [0.1, 0.15) is 22.5 Å². The highest BCUT2D eigenvalue weighted by molar-refractivity contribution is 7.99. The van der Waals surface area contributed by atoms with Gasteiger partial charge in [0.2, 0.25) is 5.91 Å². The van der Waals surface area contributed by atoms with Crippen LogP contribution < -0.4 is 10.1 Å². The van der Waals surface area contributed by atoms with Gasteiger partial charge in [-0.05, 0) is 67.8 Å². The number of hydrogen-bond acceptors (Lipinski definition) is 5. The topological polar surface area (TPSA) is 69.0 Å². The predicted molar refractivity (Wildman–Crippen MR) is 126 cm³/mol. The monoisotopic (exact) mass is 456 g/mol. The summed E-state index contributed by atoms with van der Waals surface area (Å²) in [7, 11) is 0. The fourth-order valence-electron chi connectivity index (χ4n) is 3.14. The Morgan fingerprint density at radius 2 is 1.94 bits per heavy atom. The average molecular weight is 457 g/mol. The number of thioether (sulfide) groups is 1. The molecule has 1 N–H and O–H groups in total. The second-order valence-electron chi connectivity index (χ2n) is 7.21. The van der Waals surface area contributed by atoms with Crippen LogP contribution in [0.4, 0.5) is 5.69 Å². The first-order chi connectivity index (χ1) is 14.9. The van der Waals surface area contributed by atoms with Gasteiger partial charge in [-0.1, -0.05) is 35.5 Å². The van der Waals surface area contributed by atoms with Crippen LogP contribution in [-0.2, 0) is 17.9 Å². The van der Waals surface area contributed by atoms with Crippen molar-refractivity contribution in [2.75, 3.05) is 11.1 Å². The number of rotatable bonds is 9. The molecule has 0 fully saturated rings. The molecule has 0 spiro atoms. The molecule has 0 radical (unpaired) electrons. The lowest BCUT2D eigenvalue weighted by molar-refractivity contribution is -0.113. The van der Waals surface area contributed by atoms with E-state index in [-0.39, 0.29) is 18.3 Å². The van der Waals surface area contributed by atoms with E-state index in [0.29, 0.717) is 22.5 Å². The van der Waals surface area contributed by atoms with E-state index in [9.17, 15) is 4.79 Å². The normalized spacial score (nSPS) is 10.7. The first kappa shape index (κ1) is 22.9. The van der Waals surface area contributed by atoms with Gasteiger partial charge >= 0.3 is 0 Å². The molecule has 3 aromatic rings. The summed E-state index contributed by atoms with van der Waals surface area (Å²) in [5.74, 6) is 1.52. The number of aryl methyl sites for hydroxylation is 3. The minimum Gasteiger partial charge on any atom is -0.485 e. The molecule has 31 heavy (non-hydrogen) atoms. The Bertz CT molecular complexity index is 1080. The number of halogens is 1. The van der Waals surface area contributed by atoms with Crippen molar-refractivity contribution in [2.45, 2.75) is 39.1 Å². The third-order valence-electron chi connectivity index (χ3n) is 4.44. The smallest absolute Gasteiger partial charge is 0.234 e. The average Bonchev–Trinajstić information content (AvgIpc) is 3.07. The van der Waals surface area contributed by atoms with E-state index in [1.165, 1.54) is 11.8 Å². The fraction of sp³-hybridized carbons (Fsp3) is 0.261. The maximum absolute atomic E-state index is 12.4. The highest BCUT2D eigenvalue weighted by atomic mass is 35.5. The van der Waals surface area contributed by atoms with E-state index in [0.717, 1.165) is 28.1 Å². The summed E-state index contributed by atoms with van der Waals surface area (Å²) in [5.41, 5.74) is 3.95. The van der Waals surface area contributed by atoms with E-state index in [4.69, 9.17) is 16.3 Å². The SMILES string of the molecule is C=CCn1c(COc2ccc(Cl)cc2C)nnc1SCC(=O)Nc1cc(C)cc(C)c1. The van der Waals surface area contributed by atoms with E-state index < -0.39 is 0 Å². The summed E-state index contributed by atoms with van der Waals surface area (Å²) in [4.78, 5) is 12.4. The highest BCUT2D eigenvalue weighted by Gasteiger charge is 2.15. The molecule has 1 heterocycles. The molecule has 0 aliphatic rings. The zero-order chi connectivity index (χ0) is 22.4. The molecule has 8 heteroatoms. The summed E-state index contributed by atoms with van der Waals surface area (Å²) in [6, 6.07) is 11.4. The molecule has 0 aliphatic carbocycles. The minimum absolute atomic E-state index is 0.0993. The molecular weight excluding hydrogens is 432 g/mol. The Kier molecular flexibility index (Phi) is 7.76. The second-order valence-corrected chi connectivity index (χ2v) is 8.59. The number of carbonyl (C=O) groups is 1. The lowest BCUT2D eigenvalue weighted by Gasteiger charge is -2.11. The lowest BCUT2D eigenvalue weighted by atomic mass is 10.1. The molecule has 162 valence electrons. The number of amides is 1. The van der Waals surface area contributed by atoms with Crippen LogP contribution in [0.25, 0.3) is 0 Å². The van der Waals surface area contributed by atoms with Crippen molar-refractivity contribution >= 4 is 35.0 Å². The number of ether oxygens (including phenoxy) is 1. The molecule has 2 aromatic carbocycles. The first-order valence-corrected chi connectivity index (χ1v) is 11.1. The quantitative estimate of drug-likeness (QED) is 0.347. The highest BCUT2D eigenvalue weighted by Crippen LogP contribution is 2.24. The van der Waals surface area contributed by atoms with Crippen LogP contribution in [0.15, 0.2) is 54.2 Å². The largest absolute Gasteiger partial charge is 0.485 e. The standard InChI is InChI=1S/C23H25ClN4O2S/c1-5-8-28-21(13-30-20-7-6-18(24)12-17(20)4)26-27-23(28)31-14-22(29)25-19-10-15(2)9-16(3)11-19/h5-7,9-12H,1,8,13-14H2,2-4H3,(H,25,29). The predicted octanol–water partition coefficient (Wildman–Crippen LogP) is 5.35. The summed E-state index contributed by atoms with van der Waals surface area (Å²) >= 11 is 7.33. The van der Waals surface area contributed by atoms with Crippen molar-refractivity contribution in [2.24, 2.45) is 0 Å². The third kappa shape index (κ3) is 6.35. The molecule has 0 bridgehead atoms. The molecule has 1 amide bonds. The van der Waals surface area contributed by atoms with Crippen molar-refractivity contribution in [3.05, 3.63) is 76.6 Å². The Morgan fingerprint density at radius 3 is 2.61 bits per heavy atom. The van der Waals surface area contributed by atoms with Crippen molar-refractivity contribution < 1.29 is 9.53 Å². The van der Waals surface area contributed by atoms with Crippen molar-refractivity contribution in [1.29, 1.82) is 0 Å². The number of nitrogens with zero attached hydrogens (tertiary/aromatic N) is 3. The van der Waals surface area contributed by atoms with E-state index >= 15 is 0 Å². The lowest BCUT2D eigenvalue weighted by Crippen LogP contribution is -2.15. The van der Waals surface area contributed by atoms with Crippen LogP contribution in [0.5, 0.6) is 5.75 Å². The number of allylic oxidation sites excluding steroid dienone is 1. The molecule has 0 aliphatic heterocycles.